The zero-order chi connectivity index (χ0) is 20.9. The van der Waals surface area contributed by atoms with Crippen molar-refractivity contribution in [2.24, 2.45) is 0 Å². The SMILES string of the molecule is CN(CC(=O)N1CCC[C@H]1c1ncc(Cc2ccccc2Cl)o1)Cc1ccccn1. The number of hydrogen-bond acceptors (Lipinski definition) is 5. The summed E-state index contributed by atoms with van der Waals surface area (Å²) in [6, 6.07) is 13.4. The molecule has 1 aromatic carbocycles. The van der Waals surface area contributed by atoms with Crippen molar-refractivity contribution in [3.8, 4) is 0 Å². The summed E-state index contributed by atoms with van der Waals surface area (Å²) < 4.78 is 6.02. The molecule has 2 aromatic heterocycles. The van der Waals surface area contributed by atoms with Crippen molar-refractivity contribution in [2.75, 3.05) is 20.1 Å². The van der Waals surface area contributed by atoms with Crippen LogP contribution in [0.25, 0.3) is 0 Å². The molecule has 4 rings (SSSR count). The molecule has 3 heterocycles. The smallest absolute Gasteiger partial charge is 0.237 e. The van der Waals surface area contributed by atoms with E-state index in [0.29, 0.717) is 30.4 Å². The maximum atomic E-state index is 12.9. The first-order chi connectivity index (χ1) is 14.6. The van der Waals surface area contributed by atoms with Crippen molar-refractivity contribution in [1.29, 1.82) is 0 Å². The molecule has 0 radical (unpaired) electrons. The summed E-state index contributed by atoms with van der Waals surface area (Å²) in [5, 5.41) is 0.712. The van der Waals surface area contributed by atoms with Crippen molar-refractivity contribution in [2.45, 2.75) is 31.8 Å². The molecule has 7 heteroatoms. The van der Waals surface area contributed by atoms with Crippen LogP contribution in [0.5, 0.6) is 0 Å². The number of rotatable bonds is 7. The minimum Gasteiger partial charge on any atom is -0.443 e. The molecular weight excluding hydrogens is 400 g/mol. The molecule has 1 aliphatic heterocycles. The van der Waals surface area contributed by atoms with Crippen molar-refractivity contribution >= 4 is 17.5 Å². The third-order valence-electron chi connectivity index (χ3n) is 5.32. The van der Waals surface area contributed by atoms with Gasteiger partial charge in [-0.25, -0.2) is 4.98 Å². The fourth-order valence-electron chi connectivity index (χ4n) is 3.86. The number of oxazole rings is 1. The molecule has 0 N–H and O–H groups in total. The maximum Gasteiger partial charge on any atom is 0.237 e. The van der Waals surface area contributed by atoms with Gasteiger partial charge in [-0.15, -0.1) is 0 Å². The Morgan fingerprint density at radius 1 is 1.23 bits per heavy atom. The minimum atomic E-state index is -0.110. The van der Waals surface area contributed by atoms with Gasteiger partial charge >= 0.3 is 0 Å². The zero-order valence-corrected chi connectivity index (χ0v) is 17.8. The van der Waals surface area contributed by atoms with Crippen LogP contribution in [-0.2, 0) is 17.8 Å². The number of likely N-dealkylation sites (tertiary alicyclic amines) is 1. The van der Waals surface area contributed by atoms with Gasteiger partial charge in [0.15, 0.2) is 0 Å². The highest BCUT2D eigenvalue weighted by atomic mass is 35.5. The van der Waals surface area contributed by atoms with Gasteiger partial charge in [0.1, 0.15) is 11.8 Å². The Morgan fingerprint density at radius 3 is 2.87 bits per heavy atom. The Kier molecular flexibility index (Phi) is 6.45. The average molecular weight is 425 g/mol. The van der Waals surface area contributed by atoms with Crippen LogP contribution in [0.15, 0.2) is 59.3 Å². The van der Waals surface area contributed by atoms with E-state index in [1.807, 2.05) is 59.3 Å². The third-order valence-corrected chi connectivity index (χ3v) is 5.68. The summed E-state index contributed by atoms with van der Waals surface area (Å²) in [5.74, 6) is 1.45. The van der Waals surface area contributed by atoms with Crippen molar-refractivity contribution in [1.82, 2.24) is 19.8 Å². The molecule has 0 saturated carbocycles. The molecule has 0 unspecified atom stereocenters. The summed E-state index contributed by atoms with van der Waals surface area (Å²) in [6.07, 6.45) is 5.90. The lowest BCUT2D eigenvalue weighted by Crippen LogP contribution is -2.38. The average Bonchev–Trinajstić information content (AvgIpc) is 3.40. The molecular formula is C23H25ClN4O2. The number of benzene rings is 1. The lowest BCUT2D eigenvalue weighted by atomic mass is 10.1. The zero-order valence-electron chi connectivity index (χ0n) is 17.0. The number of likely N-dealkylation sites (N-methyl/N-ethyl adjacent to an activating group) is 1. The molecule has 3 aromatic rings. The van der Waals surface area contributed by atoms with Crippen molar-refractivity contribution < 1.29 is 9.21 Å². The van der Waals surface area contributed by atoms with Crippen LogP contribution in [-0.4, -0.2) is 45.8 Å². The van der Waals surface area contributed by atoms with Crippen LogP contribution in [0.4, 0.5) is 0 Å². The molecule has 156 valence electrons. The standard InChI is InChI=1S/C23H25ClN4O2/c1-27(15-18-8-4-5-11-25-18)16-22(29)28-12-6-10-21(28)23-26-14-19(30-23)13-17-7-2-3-9-20(17)24/h2-5,7-9,11,14,21H,6,10,12-13,15-16H2,1H3/t21-/m0/s1. The van der Waals surface area contributed by atoms with E-state index in [0.717, 1.165) is 36.4 Å². The molecule has 1 fully saturated rings. The van der Waals surface area contributed by atoms with E-state index in [-0.39, 0.29) is 11.9 Å². The predicted octanol–water partition coefficient (Wildman–Crippen LogP) is 4.11. The van der Waals surface area contributed by atoms with Crippen molar-refractivity contribution in [3.05, 3.63) is 82.8 Å². The number of amides is 1. The molecule has 0 spiro atoms. The fourth-order valence-corrected chi connectivity index (χ4v) is 4.06. The molecule has 1 amide bonds. The van der Waals surface area contributed by atoms with Gasteiger partial charge in [-0.05, 0) is 43.7 Å². The van der Waals surface area contributed by atoms with Crippen LogP contribution in [0.1, 0.15) is 41.8 Å². The van der Waals surface area contributed by atoms with Gasteiger partial charge in [-0.1, -0.05) is 35.9 Å². The summed E-state index contributed by atoms with van der Waals surface area (Å²) in [6.45, 7) is 1.69. The molecule has 30 heavy (non-hydrogen) atoms. The van der Waals surface area contributed by atoms with Crippen LogP contribution >= 0.6 is 11.6 Å². The van der Waals surface area contributed by atoms with Gasteiger partial charge in [-0.3, -0.25) is 14.7 Å². The number of nitrogens with zero attached hydrogens (tertiary/aromatic N) is 4. The van der Waals surface area contributed by atoms with E-state index >= 15 is 0 Å². The highest BCUT2D eigenvalue weighted by Crippen LogP contribution is 2.32. The first-order valence-corrected chi connectivity index (χ1v) is 10.5. The van der Waals surface area contributed by atoms with E-state index < -0.39 is 0 Å². The highest BCUT2D eigenvalue weighted by Gasteiger charge is 2.33. The minimum absolute atomic E-state index is 0.0850. The van der Waals surface area contributed by atoms with Crippen LogP contribution in [0.3, 0.4) is 0 Å². The van der Waals surface area contributed by atoms with Crippen LogP contribution in [0, 0.1) is 0 Å². The summed E-state index contributed by atoms with van der Waals surface area (Å²) in [5.41, 5.74) is 1.94. The Balaban J connectivity index is 1.39. The highest BCUT2D eigenvalue weighted by molar-refractivity contribution is 6.31. The van der Waals surface area contributed by atoms with E-state index in [2.05, 4.69) is 9.97 Å². The van der Waals surface area contributed by atoms with E-state index in [1.165, 1.54) is 0 Å². The van der Waals surface area contributed by atoms with Gasteiger partial charge < -0.3 is 9.32 Å². The molecule has 6 nitrogen and oxygen atoms in total. The Morgan fingerprint density at radius 2 is 2.07 bits per heavy atom. The molecule has 0 aliphatic carbocycles. The fraction of sp³-hybridized carbons (Fsp3) is 0.348. The van der Waals surface area contributed by atoms with Gasteiger partial charge in [0, 0.05) is 30.7 Å². The van der Waals surface area contributed by atoms with E-state index in [4.69, 9.17) is 16.0 Å². The molecule has 1 atom stereocenters. The third kappa shape index (κ3) is 4.89. The summed E-state index contributed by atoms with van der Waals surface area (Å²) >= 11 is 6.26. The molecule has 1 aliphatic rings. The first-order valence-electron chi connectivity index (χ1n) is 10.2. The van der Waals surface area contributed by atoms with Gasteiger partial charge in [-0.2, -0.15) is 0 Å². The Labute approximate surface area is 181 Å². The van der Waals surface area contributed by atoms with Gasteiger partial charge in [0.25, 0.3) is 0 Å². The number of halogens is 1. The van der Waals surface area contributed by atoms with Crippen LogP contribution in [0.2, 0.25) is 5.02 Å². The topological polar surface area (TPSA) is 62.5 Å². The lowest BCUT2D eigenvalue weighted by molar-refractivity contribution is -0.133. The largest absolute Gasteiger partial charge is 0.443 e. The Hall–Kier alpha value is -2.70. The number of aromatic nitrogens is 2. The van der Waals surface area contributed by atoms with E-state index in [1.54, 1.807) is 12.4 Å². The van der Waals surface area contributed by atoms with Gasteiger partial charge in [0.2, 0.25) is 11.8 Å². The number of carbonyl (C=O) groups excluding carboxylic acids is 1. The van der Waals surface area contributed by atoms with Crippen molar-refractivity contribution in [3.63, 3.8) is 0 Å². The summed E-state index contributed by atoms with van der Waals surface area (Å²) in [7, 11) is 1.94. The lowest BCUT2D eigenvalue weighted by Gasteiger charge is -2.25. The quantitative estimate of drug-likeness (QED) is 0.571. The number of pyridine rings is 1. The predicted molar refractivity (Wildman–Crippen MR) is 115 cm³/mol. The second-order valence-electron chi connectivity index (χ2n) is 7.67. The van der Waals surface area contributed by atoms with E-state index in [9.17, 15) is 4.79 Å². The second-order valence-corrected chi connectivity index (χ2v) is 8.08. The maximum absolute atomic E-state index is 12.9. The number of carbonyl (C=O) groups is 1. The normalized spacial score (nSPS) is 16.4. The van der Waals surface area contributed by atoms with Crippen LogP contribution < -0.4 is 0 Å². The monoisotopic (exact) mass is 424 g/mol. The van der Waals surface area contributed by atoms with Gasteiger partial charge in [0.05, 0.1) is 18.4 Å². The second kappa shape index (κ2) is 9.41. The molecule has 1 saturated heterocycles. The first kappa shape index (κ1) is 20.6. The Bertz CT molecular complexity index is 992. The number of hydrogen-bond donors (Lipinski definition) is 0. The summed E-state index contributed by atoms with van der Waals surface area (Å²) in [4.78, 5) is 25.6. The molecule has 0 bridgehead atoms.